The fraction of sp³-hybridized carbons (Fsp3) is 0.350. The van der Waals surface area contributed by atoms with E-state index < -0.39 is 11.7 Å². The molecule has 156 valence electrons. The maximum atomic E-state index is 13.7. The molecule has 0 unspecified atom stereocenters. The Morgan fingerprint density at radius 3 is 2.60 bits per heavy atom. The lowest BCUT2D eigenvalue weighted by molar-refractivity contribution is -0.138. The van der Waals surface area contributed by atoms with Gasteiger partial charge in [-0.25, -0.2) is 10.0 Å². The molecule has 3 aromatic rings. The second-order valence-corrected chi connectivity index (χ2v) is 7.37. The molecule has 0 radical (unpaired) electrons. The van der Waals surface area contributed by atoms with Crippen LogP contribution in [0.2, 0.25) is 0 Å². The summed E-state index contributed by atoms with van der Waals surface area (Å²) in [4.78, 5) is 13.7. The highest BCUT2D eigenvalue weighted by atomic mass is 19.4. The van der Waals surface area contributed by atoms with Crippen molar-refractivity contribution in [2.24, 2.45) is 0 Å². The van der Waals surface area contributed by atoms with Gasteiger partial charge in [0.25, 0.3) is 0 Å². The number of benzene rings is 1. The minimum absolute atomic E-state index is 0.0515. The Kier molecular flexibility index (Phi) is 4.58. The molecule has 10 heteroatoms. The number of nitrogens with one attached hydrogen (secondary N) is 1. The van der Waals surface area contributed by atoms with Crippen LogP contribution in [-0.2, 0) is 11.0 Å². The predicted octanol–water partition coefficient (Wildman–Crippen LogP) is 4.65. The van der Waals surface area contributed by atoms with Crippen molar-refractivity contribution in [3.05, 3.63) is 60.0 Å². The Balaban J connectivity index is 1.49. The highest BCUT2D eigenvalue weighted by Crippen LogP contribution is 2.41. The Morgan fingerprint density at radius 1 is 1.07 bits per heavy atom. The first kappa shape index (κ1) is 18.9. The minimum Gasteiger partial charge on any atom is -0.321 e. The van der Waals surface area contributed by atoms with E-state index in [1.54, 1.807) is 12.4 Å². The van der Waals surface area contributed by atoms with Gasteiger partial charge in [-0.1, -0.05) is 30.3 Å². The number of anilines is 3. The molecule has 1 N–H and O–H groups in total. The summed E-state index contributed by atoms with van der Waals surface area (Å²) < 4.78 is 42.9. The Bertz CT molecular complexity index is 1030. The number of rotatable bonds is 5. The first-order chi connectivity index (χ1) is 14.5. The zero-order valence-electron chi connectivity index (χ0n) is 15.9. The van der Waals surface area contributed by atoms with Gasteiger partial charge in [-0.15, -0.1) is 0 Å². The second kappa shape index (κ2) is 7.28. The summed E-state index contributed by atoms with van der Waals surface area (Å²) >= 11 is 0. The summed E-state index contributed by atoms with van der Waals surface area (Å²) in [6.07, 6.45) is 2.31. The van der Waals surface area contributed by atoms with Crippen LogP contribution >= 0.6 is 0 Å². The van der Waals surface area contributed by atoms with Crippen molar-refractivity contribution in [3.63, 3.8) is 0 Å². The minimum atomic E-state index is -4.61. The van der Waals surface area contributed by atoms with Gasteiger partial charge >= 0.3 is 6.18 Å². The molecule has 1 atom stereocenters. The number of nitrogens with zero attached hydrogens (tertiary/aromatic N) is 5. The number of alkyl halides is 3. The number of halogens is 3. The van der Waals surface area contributed by atoms with Crippen molar-refractivity contribution < 1.29 is 18.0 Å². The van der Waals surface area contributed by atoms with E-state index in [9.17, 15) is 13.2 Å². The van der Waals surface area contributed by atoms with Crippen LogP contribution in [0.4, 0.5) is 30.6 Å². The second-order valence-electron chi connectivity index (χ2n) is 7.37. The van der Waals surface area contributed by atoms with E-state index in [0.29, 0.717) is 24.8 Å². The largest absolute Gasteiger partial charge is 0.421 e. The molecule has 5 rings (SSSR count). The summed E-state index contributed by atoms with van der Waals surface area (Å²) in [6.45, 7) is 0.303. The van der Waals surface area contributed by atoms with Crippen molar-refractivity contribution in [1.82, 2.24) is 19.7 Å². The molecule has 1 aliphatic heterocycles. The summed E-state index contributed by atoms with van der Waals surface area (Å²) in [5.74, 6) is -0.253. The van der Waals surface area contributed by atoms with Crippen LogP contribution < -0.4 is 10.4 Å². The van der Waals surface area contributed by atoms with Crippen molar-refractivity contribution in [3.8, 4) is 0 Å². The van der Waals surface area contributed by atoms with Crippen LogP contribution in [0.3, 0.4) is 0 Å². The zero-order valence-corrected chi connectivity index (χ0v) is 15.9. The van der Waals surface area contributed by atoms with E-state index in [4.69, 9.17) is 4.84 Å². The standard InChI is InChI=1S/C20H19F3N6O/c21-20(22,23)16-11-24-19(26-14-10-25-28(12-14)15-6-7-15)27-18(16)29-17(8-9-30-29)13-4-2-1-3-5-13/h1-5,10-12,15,17H,6-9H2,(H,24,26,27)/t17-/m0/s1. The smallest absolute Gasteiger partial charge is 0.321 e. The molecule has 1 saturated carbocycles. The van der Waals surface area contributed by atoms with E-state index in [0.717, 1.165) is 24.6 Å². The first-order valence-electron chi connectivity index (χ1n) is 9.71. The Hall–Kier alpha value is -3.14. The van der Waals surface area contributed by atoms with Gasteiger partial charge in [-0.05, 0) is 18.4 Å². The van der Waals surface area contributed by atoms with Gasteiger partial charge in [0.15, 0.2) is 5.82 Å². The third kappa shape index (κ3) is 3.70. The average molecular weight is 416 g/mol. The molecule has 2 aliphatic rings. The van der Waals surface area contributed by atoms with Crippen LogP contribution in [0.1, 0.15) is 42.5 Å². The SMILES string of the molecule is FC(F)(F)c1cnc(Nc2cnn(C3CC3)c2)nc1N1OCC[C@H]1c1ccccc1. The van der Waals surface area contributed by atoms with Gasteiger partial charge < -0.3 is 5.32 Å². The van der Waals surface area contributed by atoms with Crippen LogP contribution in [-0.4, -0.2) is 26.4 Å². The van der Waals surface area contributed by atoms with Crippen LogP contribution in [0.25, 0.3) is 0 Å². The first-order valence-corrected chi connectivity index (χ1v) is 9.71. The van der Waals surface area contributed by atoms with E-state index in [2.05, 4.69) is 20.4 Å². The molecule has 1 saturated heterocycles. The van der Waals surface area contributed by atoms with Crippen LogP contribution in [0, 0.1) is 0 Å². The number of hydrogen-bond acceptors (Lipinski definition) is 6. The molecule has 0 amide bonds. The molecule has 7 nitrogen and oxygen atoms in total. The lowest BCUT2D eigenvalue weighted by atomic mass is 10.0. The lowest BCUT2D eigenvalue weighted by Crippen LogP contribution is -2.26. The molecule has 1 aliphatic carbocycles. The molecule has 1 aromatic carbocycles. The van der Waals surface area contributed by atoms with Gasteiger partial charge in [0.1, 0.15) is 5.56 Å². The maximum Gasteiger partial charge on any atom is 0.421 e. The average Bonchev–Trinajstić information content (AvgIpc) is 3.28. The van der Waals surface area contributed by atoms with Gasteiger partial charge in [-0.2, -0.15) is 23.3 Å². The van der Waals surface area contributed by atoms with E-state index in [1.165, 1.54) is 5.06 Å². The summed E-state index contributed by atoms with van der Waals surface area (Å²) in [5.41, 5.74) is 0.543. The topological polar surface area (TPSA) is 68.1 Å². The number of hydroxylamine groups is 1. The van der Waals surface area contributed by atoms with Crippen LogP contribution in [0.5, 0.6) is 0 Å². The molecule has 2 aromatic heterocycles. The van der Waals surface area contributed by atoms with E-state index in [-0.39, 0.29) is 17.8 Å². The highest BCUT2D eigenvalue weighted by molar-refractivity contribution is 5.56. The monoisotopic (exact) mass is 416 g/mol. The molecule has 3 heterocycles. The number of hydrogen-bond donors (Lipinski definition) is 1. The molecular formula is C20H19F3N6O. The van der Waals surface area contributed by atoms with Crippen molar-refractivity contribution >= 4 is 17.5 Å². The predicted molar refractivity (Wildman–Crippen MR) is 103 cm³/mol. The van der Waals surface area contributed by atoms with Crippen LogP contribution in [0.15, 0.2) is 48.9 Å². The van der Waals surface area contributed by atoms with E-state index in [1.807, 2.05) is 35.0 Å². The van der Waals surface area contributed by atoms with Gasteiger partial charge in [0, 0.05) is 18.8 Å². The fourth-order valence-electron chi connectivity index (χ4n) is 3.53. The van der Waals surface area contributed by atoms with E-state index >= 15 is 0 Å². The van der Waals surface area contributed by atoms with Gasteiger partial charge in [0.2, 0.25) is 5.95 Å². The molecule has 2 fully saturated rings. The molecule has 0 spiro atoms. The third-order valence-corrected chi connectivity index (χ3v) is 5.15. The van der Waals surface area contributed by atoms with Gasteiger partial charge in [0.05, 0.1) is 30.6 Å². The summed E-state index contributed by atoms with van der Waals surface area (Å²) in [6, 6.07) is 9.32. The van der Waals surface area contributed by atoms with Crippen molar-refractivity contribution in [2.45, 2.75) is 37.5 Å². The summed E-state index contributed by atoms with van der Waals surface area (Å²) in [5, 5.41) is 8.46. The summed E-state index contributed by atoms with van der Waals surface area (Å²) in [7, 11) is 0. The maximum absolute atomic E-state index is 13.7. The molecule has 0 bridgehead atoms. The van der Waals surface area contributed by atoms with Crippen molar-refractivity contribution in [2.75, 3.05) is 17.0 Å². The number of aromatic nitrogens is 4. The van der Waals surface area contributed by atoms with Gasteiger partial charge in [-0.3, -0.25) is 9.52 Å². The Labute approximate surface area is 170 Å². The quantitative estimate of drug-likeness (QED) is 0.653. The third-order valence-electron chi connectivity index (χ3n) is 5.15. The molecule has 30 heavy (non-hydrogen) atoms. The fourth-order valence-corrected chi connectivity index (χ4v) is 3.53. The lowest BCUT2D eigenvalue weighted by Gasteiger charge is -2.26. The normalized spacial score (nSPS) is 19.3. The van der Waals surface area contributed by atoms with Crippen molar-refractivity contribution in [1.29, 1.82) is 0 Å². The Morgan fingerprint density at radius 2 is 1.87 bits per heavy atom. The molecular weight excluding hydrogens is 397 g/mol. The highest BCUT2D eigenvalue weighted by Gasteiger charge is 2.40. The zero-order chi connectivity index (χ0) is 20.7.